The first-order chi connectivity index (χ1) is 7.77. The van der Waals surface area contributed by atoms with Crippen LogP contribution in [0.2, 0.25) is 0 Å². The summed E-state index contributed by atoms with van der Waals surface area (Å²) in [5, 5.41) is 0.861. The minimum absolute atomic E-state index is 0.486. The van der Waals surface area contributed by atoms with Crippen molar-refractivity contribution < 1.29 is 4.42 Å². The van der Waals surface area contributed by atoms with E-state index in [1.807, 2.05) is 22.9 Å². The lowest BCUT2D eigenvalue weighted by atomic mass is 10.4. The molecule has 0 saturated heterocycles. The lowest BCUT2D eigenvalue weighted by Gasteiger charge is -1.99. The zero-order valence-corrected chi connectivity index (χ0v) is 10.2. The minimum Gasteiger partial charge on any atom is -0.448 e. The number of nitrogen functional groups attached to an aromatic ring is 1. The van der Waals surface area contributed by atoms with Crippen LogP contribution in [-0.2, 0) is 0 Å². The van der Waals surface area contributed by atoms with E-state index in [1.165, 1.54) is 6.33 Å². The van der Waals surface area contributed by atoms with Gasteiger partial charge in [0, 0.05) is 15.8 Å². The molecule has 3 aromatic heterocycles. The average Bonchev–Trinajstić information content (AvgIpc) is 2.86. The van der Waals surface area contributed by atoms with Gasteiger partial charge in [-0.2, -0.15) is 0 Å². The van der Waals surface area contributed by atoms with Gasteiger partial charge in [-0.25, -0.2) is 9.97 Å². The molecule has 6 heteroatoms. The molecule has 0 atom stereocenters. The van der Waals surface area contributed by atoms with Gasteiger partial charge in [-0.05, 0) is 28.7 Å². The number of rotatable bonds is 1. The van der Waals surface area contributed by atoms with Crippen LogP contribution in [0.1, 0.15) is 0 Å². The zero-order chi connectivity index (χ0) is 11.1. The molecular formula is C10H7IN4O. The Morgan fingerprint density at radius 1 is 1.38 bits per heavy atom. The van der Waals surface area contributed by atoms with Crippen LogP contribution < -0.4 is 5.73 Å². The van der Waals surface area contributed by atoms with Crippen LogP contribution in [0.5, 0.6) is 0 Å². The predicted molar refractivity (Wildman–Crippen MR) is 68.3 cm³/mol. The van der Waals surface area contributed by atoms with E-state index in [2.05, 4.69) is 32.6 Å². The number of furan rings is 1. The molecule has 3 rings (SSSR count). The summed E-state index contributed by atoms with van der Waals surface area (Å²) >= 11 is 2.21. The monoisotopic (exact) mass is 326 g/mol. The van der Waals surface area contributed by atoms with Gasteiger partial charge in [-0.1, -0.05) is 0 Å². The highest BCUT2D eigenvalue weighted by Crippen LogP contribution is 2.27. The van der Waals surface area contributed by atoms with Crippen molar-refractivity contribution in [3.63, 3.8) is 0 Å². The van der Waals surface area contributed by atoms with E-state index in [0.29, 0.717) is 11.7 Å². The SMILES string of the molecule is Nc1ncnc2c1c(I)cn2-c1ccco1. The number of anilines is 1. The fourth-order valence-corrected chi connectivity index (χ4v) is 2.41. The summed E-state index contributed by atoms with van der Waals surface area (Å²) in [7, 11) is 0. The van der Waals surface area contributed by atoms with Crippen LogP contribution >= 0.6 is 22.6 Å². The third kappa shape index (κ3) is 1.29. The topological polar surface area (TPSA) is 69.9 Å². The Balaban J connectivity index is 2.40. The van der Waals surface area contributed by atoms with Gasteiger partial charge in [0.2, 0.25) is 5.88 Å². The quantitative estimate of drug-likeness (QED) is 0.696. The number of halogens is 1. The van der Waals surface area contributed by atoms with E-state index in [4.69, 9.17) is 10.2 Å². The van der Waals surface area contributed by atoms with Gasteiger partial charge in [0.1, 0.15) is 12.1 Å². The molecule has 0 saturated carbocycles. The number of aromatic nitrogens is 3. The Hall–Kier alpha value is -1.57. The molecule has 0 amide bonds. The van der Waals surface area contributed by atoms with Gasteiger partial charge in [-0.15, -0.1) is 0 Å². The zero-order valence-electron chi connectivity index (χ0n) is 8.09. The van der Waals surface area contributed by atoms with Crippen molar-refractivity contribution >= 4 is 39.4 Å². The van der Waals surface area contributed by atoms with E-state index in [0.717, 1.165) is 14.6 Å². The molecule has 3 aromatic rings. The van der Waals surface area contributed by atoms with E-state index >= 15 is 0 Å². The molecule has 3 heterocycles. The molecule has 0 spiro atoms. The van der Waals surface area contributed by atoms with Crippen LogP contribution in [-0.4, -0.2) is 14.5 Å². The fourth-order valence-electron chi connectivity index (χ4n) is 1.62. The Morgan fingerprint density at radius 2 is 2.25 bits per heavy atom. The molecule has 5 nitrogen and oxygen atoms in total. The predicted octanol–water partition coefficient (Wildman–Crippen LogP) is 2.20. The Bertz CT molecular complexity index is 644. The maximum Gasteiger partial charge on any atom is 0.204 e. The van der Waals surface area contributed by atoms with Gasteiger partial charge in [0.15, 0.2) is 5.65 Å². The third-order valence-electron chi connectivity index (χ3n) is 2.31. The minimum atomic E-state index is 0.486. The second-order valence-electron chi connectivity index (χ2n) is 3.26. The largest absolute Gasteiger partial charge is 0.448 e. The first kappa shape index (κ1) is 9.64. The van der Waals surface area contributed by atoms with Crippen molar-refractivity contribution in [2.45, 2.75) is 0 Å². The molecule has 2 N–H and O–H groups in total. The normalized spacial score (nSPS) is 11.1. The molecule has 0 aliphatic heterocycles. The number of fused-ring (bicyclic) bond motifs is 1. The molecule has 0 aliphatic carbocycles. The molecule has 0 unspecified atom stereocenters. The first-order valence-corrected chi connectivity index (χ1v) is 5.66. The Kier molecular flexibility index (Phi) is 2.10. The summed E-state index contributed by atoms with van der Waals surface area (Å²) in [5.41, 5.74) is 6.58. The number of nitrogens with two attached hydrogens (primary N) is 1. The smallest absolute Gasteiger partial charge is 0.204 e. The average molecular weight is 326 g/mol. The Labute approximate surface area is 104 Å². The van der Waals surface area contributed by atoms with E-state index < -0.39 is 0 Å². The number of hydrogen-bond acceptors (Lipinski definition) is 4. The van der Waals surface area contributed by atoms with Crippen molar-refractivity contribution in [1.82, 2.24) is 14.5 Å². The van der Waals surface area contributed by atoms with Crippen LogP contribution in [0.3, 0.4) is 0 Å². The highest BCUT2D eigenvalue weighted by molar-refractivity contribution is 14.1. The van der Waals surface area contributed by atoms with E-state index in [-0.39, 0.29) is 0 Å². The van der Waals surface area contributed by atoms with Gasteiger partial charge >= 0.3 is 0 Å². The van der Waals surface area contributed by atoms with E-state index in [1.54, 1.807) is 6.26 Å². The van der Waals surface area contributed by atoms with Crippen molar-refractivity contribution in [2.75, 3.05) is 5.73 Å². The summed E-state index contributed by atoms with van der Waals surface area (Å²) in [6.07, 6.45) is 5.00. The molecule has 0 bridgehead atoms. The van der Waals surface area contributed by atoms with Gasteiger partial charge < -0.3 is 10.2 Å². The molecule has 0 fully saturated rings. The summed E-state index contributed by atoms with van der Waals surface area (Å²) in [5.74, 6) is 1.20. The molecule has 80 valence electrons. The lowest BCUT2D eigenvalue weighted by Crippen LogP contribution is -1.95. The summed E-state index contributed by atoms with van der Waals surface area (Å²) < 4.78 is 8.20. The van der Waals surface area contributed by atoms with Crippen molar-refractivity contribution in [3.8, 4) is 5.88 Å². The highest BCUT2D eigenvalue weighted by Gasteiger charge is 2.13. The van der Waals surface area contributed by atoms with Crippen LogP contribution in [0.25, 0.3) is 16.9 Å². The van der Waals surface area contributed by atoms with Gasteiger partial charge in [-0.3, -0.25) is 4.57 Å². The molecule has 0 aromatic carbocycles. The second kappa shape index (κ2) is 3.48. The maximum absolute atomic E-state index is 5.82. The molecule has 0 radical (unpaired) electrons. The summed E-state index contributed by atoms with van der Waals surface area (Å²) in [6, 6.07) is 3.70. The molecule has 0 aliphatic rings. The van der Waals surface area contributed by atoms with E-state index in [9.17, 15) is 0 Å². The van der Waals surface area contributed by atoms with Crippen LogP contribution in [0.15, 0.2) is 35.3 Å². The van der Waals surface area contributed by atoms with Gasteiger partial charge in [0.25, 0.3) is 0 Å². The number of nitrogens with zero attached hydrogens (tertiary/aromatic N) is 3. The van der Waals surface area contributed by atoms with Gasteiger partial charge in [0.05, 0.1) is 11.6 Å². The van der Waals surface area contributed by atoms with Crippen molar-refractivity contribution in [2.24, 2.45) is 0 Å². The highest BCUT2D eigenvalue weighted by atomic mass is 127. The van der Waals surface area contributed by atoms with Crippen molar-refractivity contribution in [1.29, 1.82) is 0 Å². The standard InChI is InChI=1S/C10H7IN4O/c11-6-4-15(7-2-1-3-16-7)10-8(6)9(12)13-5-14-10/h1-5H,(H2,12,13,14). The van der Waals surface area contributed by atoms with Crippen LogP contribution in [0, 0.1) is 3.57 Å². The maximum atomic E-state index is 5.82. The third-order valence-corrected chi connectivity index (χ3v) is 3.13. The second-order valence-corrected chi connectivity index (χ2v) is 4.42. The molecular weight excluding hydrogens is 319 g/mol. The first-order valence-electron chi connectivity index (χ1n) is 4.58. The van der Waals surface area contributed by atoms with Crippen LogP contribution in [0.4, 0.5) is 5.82 Å². The summed E-state index contributed by atoms with van der Waals surface area (Å²) in [6.45, 7) is 0. The number of hydrogen-bond donors (Lipinski definition) is 1. The Morgan fingerprint density at radius 3 is 3.00 bits per heavy atom. The lowest BCUT2D eigenvalue weighted by molar-refractivity contribution is 0.542. The fraction of sp³-hybridized carbons (Fsp3) is 0. The van der Waals surface area contributed by atoms with Crippen molar-refractivity contribution in [3.05, 3.63) is 34.5 Å². The summed E-state index contributed by atoms with van der Waals surface area (Å²) in [4.78, 5) is 8.21. The molecule has 16 heavy (non-hydrogen) atoms.